The Morgan fingerprint density at radius 2 is 1.76 bits per heavy atom. The van der Waals surface area contributed by atoms with E-state index in [9.17, 15) is 9.59 Å². The summed E-state index contributed by atoms with van der Waals surface area (Å²) in [7, 11) is 0. The molecule has 4 nitrogen and oxygen atoms in total. The molecule has 0 aliphatic carbocycles. The number of ether oxygens (including phenoxy) is 2. The Balaban J connectivity index is 2.81. The Morgan fingerprint density at radius 3 is 2.28 bits per heavy atom. The van der Waals surface area contributed by atoms with Crippen molar-refractivity contribution >= 4 is 77.5 Å². The predicted molar refractivity (Wildman–Crippen MR) is 109 cm³/mol. The summed E-state index contributed by atoms with van der Waals surface area (Å²) in [6.45, 7) is 12.7. The Labute approximate surface area is 172 Å². The van der Waals surface area contributed by atoms with E-state index in [1.807, 2.05) is 13.8 Å². The number of rotatable bonds is 11. The van der Waals surface area contributed by atoms with Crippen LogP contribution in [0.3, 0.4) is 0 Å². The molecule has 2 unspecified atom stereocenters. The van der Waals surface area contributed by atoms with Crippen LogP contribution in [0.1, 0.15) is 20.8 Å². The third-order valence-electron chi connectivity index (χ3n) is 2.36. The van der Waals surface area contributed by atoms with E-state index >= 15 is 0 Å². The van der Waals surface area contributed by atoms with Crippen LogP contribution in [0.4, 0.5) is 0 Å². The maximum absolute atomic E-state index is 11.3. The van der Waals surface area contributed by atoms with Crippen molar-refractivity contribution in [1.29, 1.82) is 0 Å². The van der Waals surface area contributed by atoms with Gasteiger partial charge < -0.3 is 0 Å². The summed E-state index contributed by atoms with van der Waals surface area (Å²) >= 11 is 5.75. The average Bonchev–Trinajstić information content (AvgIpc) is 2.93. The van der Waals surface area contributed by atoms with Crippen molar-refractivity contribution in [3.05, 3.63) is 31.4 Å². The zero-order valence-corrected chi connectivity index (χ0v) is 20.1. The van der Waals surface area contributed by atoms with Gasteiger partial charge in [-0.3, -0.25) is 0 Å². The molecule has 1 heterocycles. The van der Waals surface area contributed by atoms with E-state index in [-0.39, 0.29) is 10.9 Å². The second-order valence-electron chi connectivity index (χ2n) is 4.36. The minimum absolute atomic E-state index is 0.276. The van der Waals surface area contributed by atoms with Gasteiger partial charge in [0.2, 0.25) is 0 Å². The molecule has 138 valence electrons. The summed E-state index contributed by atoms with van der Waals surface area (Å²) in [6, 6.07) is 2.18. The fourth-order valence-electron chi connectivity index (χ4n) is 1.44. The molecule has 1 aromatic heterocycles. The third kappa shape index (κ3) is 8.87. The normalized spacial score (nSPS) is 12.9. The number of carbonyl (C=O) groups excluding carboxylic acids is 2. The SMILES string of the molecule is C=CC(=O)OC(C)Sc1cc([Se][Se]CC)c(SC(C)OC(=O)C=C)s1. The van der Waals surface area contributed by atoms with Crippen LogP contribution in [0.5, 0.6) is 0 Å². The third-order valence-corrected chi connectivity index (χ3v) is 14.0. The number of thioether (sulfide) groups is 2. The van der Waals surface area contributed by atoms with Crippen LogP contribution >= 0.6 is 34.9 Å². The molecule has 0 bridgehead atoms. The molecule has 2 atom stereocenters. The van der Waals surface area contributed by atoms with Gasteiger partial charge in [0.1, 0.15) is 0 Å². The van der Waals surface area contributed by atoms with Crippen LogP contribution in [0.25, 0.3) is 0 Å². The summed E-state index contributed by atoms with van der Waals surface area (Å²) in [5.41, 5.74) is -0.559. The first-order valence-corrected chi connectivity index (χ1v) is 16.3. The molecular weight excluding hydrogens is 510 g/mol. The van der Waals surface area contributed by atoms with Crippen molar-refractivity contribution in [1.82, 2.24) is 0 Å². The maximum atomic E-state index is 11.3. The fraction of sp³-hybridized carbons (Fsp3) is 0.375. The molecular formula is C16H20O4S3Se2. The molecule has 0 radical (unpaired) electrons. The first-order chi connectivity index (χ1) is 11.9. The van der Waals surface area contributed by atoms with E-state index in [1.54, 1.807) is 23.1 Å². The molecule has 0 aliphatic heterocycles. The molecule has 0 saturated heterocycles. The zero-order chi connectivity index (χ0) is 18.8. The molecule has 25 heavy (non-hydrogen) atoms. The van der Waals surface area contributed by atoms with E-state index in [2.05, 4.69) is 26.1 Å². The number of carbonyl (C=O) groups is 2. The van der Waals surface area contributed by atoms with Gasteiger partial charge in [0, 0.05) is 0 Å². The monoisotopic (exact) mass is 532 g/mol. The van der Waals surface area contributed by atoms with Gasteiger partial charge in [-0.1, -0.05) is 0 Å². The molecule has 0 amide bonds. The van der Waals surface area contributed by atoms with Crippen molar-refractivity contribution in [3.8, 4) is 0 Å². The fourth-order valence-corrected chi connectivity index (χ4v) is 12.8. The number of esters is 2. The van der Waals surface area contributed by atoms with Gasteiger partial charge in [0.15, 0.2) is 0 Å². The number of hydrogen-bond donors (Lipinski definition) is 0. The van der Waals surface area contributed by atoms with Gasteiger partial charge in [-0.15, -0.1) is 0 Å². The molecule has 0 aromatic carbocycles. The van der Waals surface area contributed by atoms with E-state index in [4.69, 9.17) is 9.47 Å². The molecule has 9 heteroatoms. The average molecular weight is 530 g/mol. The van der Waals surface area contributed by atoms with E-state index < -0.39 is 11.9 Å². The molecule has 0 N–H and O–H groups in total. The van der Waals surface area contributed by atoms with Crippen molar-refractivity contribution in [2.24, 2.45) is 0 Å². The summed E-state index contributed by atoms with van der Waals surface area (Å²) in [6.07, 6.45) is 2.34. The second kappa shape index (κ2) is 12.3. The Kier molecular flexibility index (Phi) is 11.3. The predicted octanol–water partition coefficient (Wildman–Crippen LogP) is 3.47. The van der Waals surface area contributed by atoms with Gasteiger partial charge >= 0.3 is 173 Å². The molecule has 1 aromatic rings. The number of hydrogen-bond acceptors (Lipinski definition) is 7. The molecule has 0 saturated carbocycles. The summed E-state index contributed by atoms with van der Waals surface area (Å²) in [4.78, 5) is 22.6. The van der Waals surface area contributed by atoms with Crippen LogP contribution in [0.15, 0.2) is 39.8 Å². The van der Waals surface area contributed by atoms with Crippen LogP contribution in [-0.4, -0.2) is 49.1 Å². The second-order valence-corrected chi connectivity index (χ2v) is 15.9. The molecule has 0 aliphatic rings. The zero-order valence-electron chi connectivity index (χ0n) is 14.2. The van der Waals surface area contributed by atoms with Crippen molar-refractivity contribution in [3.63, 3.8) is 0 Å². The summed E-state index contributed by atoms with van der Waals surface area (Å²) in [5, 5.41) is 1.20. The Morgan fingerprint density at radius 1 is 1.20 bits per heavy atom. The topological polar surface area (TPSA) is 52.6 Å². The van der Waals surface area contributed by atoms with Crippen molar-refractivity contribution in [2.75, 3.05) is 0 Å². The van der Waals surface area contributed by atoms with Crippen molar-refractivity contribution < 1.29 is 19.1 Å². The summed E-state index contributed by atoms with van der Waals surface area (Å²) in [5.74, 6) is -0.837. The molecule has 1 rings (SSSR count). The minimum atomic E-state index is -0.421. The van der Waals surface area contributed by atoms with Crippen LogP contribution in [0, 0.1) is 0 Å². The first-order valence-electron chi connectivity index (χ1n) is 7.32. The van der Waals surface area contributed by atoms with E-state index in [0.29, 0.717) is 26.3 Å². The van der Waals surface area contributed by atoms with Crippen LogP contribution < -0.4 is 4.46 Å². The van der Waals surface area contributed by atoms with Crippen LogP contribution in [-0.2, 0) is 19.1 Å². The molecule has 0 spiro atoms. The van der Waals surface area contributed by atoms with E-state index in [1.165, 1.54) is 37.9 Å². The Hall–Kier alpha value is -0.141. The first kappa shape index (κ1) is 22.9. The number of thiophene rings is 1. The standard InChI is InChI=1S/C16H20O4S3Se2/c1-6-13(17)19-10(4)21-15-9-12(25-24-8-3)16(23-15)22-11(5)20-14(18)7-2/h6-7,9-11H,1-2,8H2,3-5H3. The van der Waals surface area contributed by atoms with Gasteiger partial charge in [-0.25, -0.2) is 0 Å². The molecule has 0 fully saturated rings. The van der Waals surface area contributed by atoms with E-state index in [0.717, 1.165) is 4.21 Å². The van der Waals surface area contributed by atoms with Gasteiger partial charge in [-0.05, 0) is 0 Å². The van der Waals surface area contributed by atoms with Gasteiger partial charge in [0.25, 0.3) is 0 Å². The quantitative estimate of drug-likeness (QED) is 0.144. The summed E-state index contributed by atoms with van der Waals surface area (Å²) < 4.78 is 14.1. The van der Waals surface area contributed by atoms with Gasteiger partial charge in [-0.2, -0.15) is 0 Å². The van der Waals surface area contributed by atoms with Crippen LogP contribution in [0.2, 0.25) is 5.32 Å². The Bertz CT molecular complexity index is 619. The van der Waals surface area contributed by atoms with Crippen molar-refractivity contribution in [2.45, 2.75) is 45.4 Å². The van der Waals surface area contributed by atoms with Gasteiger partial charge in [0.05, 0.1) is 0 Å².